The fraction of sp³-hybridized carbons (Fsp3) is 0.421. The Labute approximate surface area is 157 Å². The lowest BCUT2D eigenvalue weighted by molar-refractivity contribution is -0.903. The lowest BCUT2D eigenvalue weighted by Crippen LogP contribution is -3.14. The molecule has 0 bridgehead atoms. The minimum Gasteiger partial charge on any atom is -0.466 e. The number of quaternary nitrogens is 1. The van der Waals surface area contributed by atoms with Gasteiger partial charge < -0.3 is 14.5 Å². The van der Waals surface area contributed by atoms with E-state index < -0.39 is 0 Å². The lowest BCUT2D eigenvalue weighted by atomic mass is 10.2. The topological polar surface area (TPSA) is 63.4 Å². The SMILES string of the molecule is CCOC(=O)CC[NH+]1CCN(C2=NC(=O)/C(=C\c3ccccc3)S2)CC1. The molecular formula is C19H24N3O3S+. The monoisotopic (exact) mass is 374 g/mol. The molecule has 1 amide bonds. The number of hydrogen-bond donors (Lipinski definition) is 1. The van der Waals surface area contributed by atoms with Crippen molar-refractivity contribution in [3.63, 3.8) is 0 Å². The van der Waals surface area contributed by atoms with Gasteiger partial charge in [-0.2, -0.15) is 4.99 Å². The summed E-state index contributed by atoms with van der Waals surface area (Å²) in [5.41, 5.74) is 1.01. The van der Waals surface area contributed by atoms with Gasteiger partial charge in [-0.15, -0.1) is 0 Å². The summed E-state index contributed by atoms with van der Waals surface area (Å²) in [6.07, 6.45) is 2.35. The number of benzene rings is 1. The van der Waals surface area contributed by atoms with E-state index in [9.17, 15) is 9.59 Å². The number of esters is 1. The molecule has 2 aliphatic heterocycles. The normalized spacial score (nSPS) is 19.7. The Morgan fingerprint density at radius 2 is 2.04 bits per heavy atom. The molecule has 2 heterocycles. The lowest BCUT2D eigenvalue weighted by Gasteiger charge is -2.32. The van der Waals surface area contributed by atoms with Crippen LogP contribution in [0.2, 0.25) is 0 Å². The van der Waals surface area contributed by atoms with Crippen molar-refractivity contribution in [3.8, 4) is 0 Å². The van der Waals surface area contributed by atoms with Gasteiger partial charge in [0.25, 0.3) is 5.91 Å². The van der Waals surface area contributed by atoms with Gasteiger partial charge in [-0.1, -0.05) is 30.3 Å². The molecule has 2 aliphatic rings. The number of hydrogen-bond acceptors (Lipinski definition) is 5. The molecule has 1 aromatic carbocycles. The van der Waals surface area contributed by atoms with Gasteiger partial charge in [0, 0.05) is 0 Å². The van der Waals surface area contributed by atoms with E-state index >= 15 is 0 Å². The summed E-state index contributed by atoms with van der Waals surface area (Å²) in [5.74, 6) is -0.287. The molecule has 0 spiro atoms. The van der Waals surface area contributed by atoms with Gasteiger partial charge in [0.05, 0.1) is 50.7 Å². The first-order valence-corrected chi connectivity index (χ1v) is 9.79. The second-order valence-corrected chi connectivity index (χ2v) is 7.27. The molecule has 26 heavy (non-hydrogen) atoms. The summed E-state index contributed by atoms with van der Waals surface area (Å²) in [6.45, 7) is 6.61. The van der Waals surface area contributed by atoms with Crippen molar-refractivity contribution >= 4 is 34.9 Å². The molecule has 6 nitrogen and oxygen atoms in total. The standard InChI is InChI=1S/C19H23N3O3S/c1-2-25-17(23)8-9-21-10-12-22(13-11-21)19-20-18(24)16(26-19)14-15-6-4-3-5-7-15/h3-7,14H,2,8-13H2,1H3/p+1/b16-14+. The molecule has 0 aromatic heterocycles. The molecule has 0 radical (unpaired) electrons. The number of ether oxygens (including phenoxy) is 1. The van der Waals surface area contributed by atoms with Gasteiger partial charge in [0.1, 0.15) is 0 Å². The van der Waals surface area contributed by atoms with Crippen molar-refractivity contribution in [1.29, 1.82) is 0 Å². The maximum Gasteiger partial charge on any atom is 0.311 e. The van der Waals surface area contributed by atoms with Crippen molar-refractivity contribution in [1.82, 2.24) is 4.90 Å². The molecule has 1 N–H and O–H groups in total. The van der Waals surface area contributed by atoms with E-state index in [1.807, 2.05) is 43.3 Å². The van der Waals surface area contributed by atoms with Gasteiger partial charge >= 0.3 is 5.97 Å². The zero-order chi connectivity index (χ0) is 18.4. The van der Waals surface area contributed by atoms with Crippen LogP contribution < -0.4 is 4.90 Å². The van der Waals surface area contributed by atoms with E-state index in [4.69, 9.17) is 4.74 Å². The van der Waals surface area contributed by atoms with Crippen LogP contribution in [-0.4, -0.2) is 61.3 Å². The summed E-state index contributed by atoms with van der Waals surface area (Å²) >= 11 is 1.45. The van der Waals surface area contributed by atoms with Gasteiger partial charge in [0.2, 0.25) is 0 Å². The number of carbonyl (C=O) groups excluding carboxylic acids is 2. The fourth-order valence-corrected chi connectivity index (χ4v) is 3.98. The van der Waals surface area contributed by atoms with E-state index in [0.29, 0.717) is 17.9 Å². The van der Waals surface area contributed by atoms with E-state index in [0.717, 1.165) is 43.5 Å². The number of rotatable bonds is 5. The molecule has 0 atom stereocenters. The molecule has 7 heteroatoms. The van der Waals surface area contributed by atoms with Crippen LogP contribution >= 0.6 is 11.8 Å². The van der Waals surface area contributed by atoms with Crippen LogP contribution in [0.4, 0.5) is 0 Å². The third-order valence-electron chi connectivity index (χ3n) is 4.44. The minimum absolute atomic E-state index is 0.126. The Kier molecular flexibility index (Phi) is 6.46. The van der Waals surface area contributed by atoms with E-state index in [2.05, 4.69) is 9.89 Å². The largest absolute Gasteiger partial charge is 0.466 e. The number of piperazine rings is 1. The number of carbonyl (C=O) groups is 2. The first-order chi connectivity index (χ1) is 12.7. The second-order valence-electron chi connectivity index (χ2n) is 6.26. The van der Waals surface area contributed by atoms with Crippen LogP contribution in [0.1, 0.15) is 18.9 Å². The fourth-order valence-electron chi connectivity index (χ4n) is 3.01. The van der Waals surface area contributed by atoms with Crippen molar-refractivity contribution in [2.24, 2.45) is 4.99 Å². The number of nitrogens with one attached hydrogen (secondary N) is 1. The Hall–Kier alpha value is -2.12. The Morgan fingerprint density at radius 3 is 2.73 bits per heavy atom. The van der Waals surface area contributed by atoms with Crippen molar-refractivity contribution in [2.75, 3.05) is 39.3 Å². The van der Waals surface area contributed by atoms with Crippen LogP contribution in [0.15, 0.2) is 40.2 Å². The summed E-state index contributed by atoms with van der Waals surface area (Å²) in [7, 11) is 0. The maximum atomic E-state index is 12.2. The van der Waals surface area contributed by atoms with Crippen LogP contribution in [0.3, 0.4) is 0 Å². The molecule has 0 saturated carbocycles. The van der Waals surface area contributed by atoms with Gasteiger partial charge in [0.15, 0.2) is 5.17 Å². The van der Waals surface area contributed by atoms with Gasteiger partial charge in [-0.25, -0.2) is 0 Å². The van der Waals surface area contributed by atoms with E-state index in [-0.39, 0.29) is 11.9 Å². The smallest absolute Gasteiger partial charge is 0.311 e. The van der Waals surface area contributed by atoms with Crippen molar-refractivity contribution in [2.45, 2.75) is 13.3 Å². The van der Waals surface area contributed by atoms with Crippen LogP contribution in [0.25, 0.3) is 6.08 Å². The molecule has 1 fully saturated rings. The second kappa shape index (κ2) is 9.00. The zero-order valence-corrected chi connectivity index (χ0v) is 15.8. The third-order valence-corrected chi connectivity index (χ3v) is 5.48. The summed E-state index contributed by atoms with van der Waals surface area (Å²) in [6, 6.07) is 9.82. The molecular weight excluding hydrogens is 350 g/mol. The van der Waals surface area contributed by atoms with Gasteiger partial charge in [-0.3, -0.25) is 9.59 Å². The van der Waals surface area contributed by atoms with Gasteiger partial charge in [-0.05, 0) is 30.3 Å². The molecule has 1 saturated heterocycles. The molecule has 1 aromatic rings. The summed E-state index contributed by atoms with van der Waals surface area (Å²) < 4.78 is 4.98. The first kappa shape index (κ1) is 18.7. The van der Waals surface area contributed by atoms with E-state index in [1.165, 1.54) is 16.7 Å². The minimum atomic E-state index is -0.161. The van der Waals surface area contributed by atoms with Crippen molar-refractivity contribution < 1.29 is 19.2 Å². The predicted molar refractivity (Wildman–Crippen MR) is 103 cm³/mol. The first-order valence-electron chi connectivity index (χ1n) is 8.97. The molecule has 3 rings (SSSR count). The Balaban J connectivity index is 1.49. The molecule has 0 aliphatic carbocycles. The molecule has 138 valence electrons. The highest BCUT2D eigenvalue weighted by Gasteiger charge is 2.29. The predicted octanol–water partition coefficient (Wildman–Crippen LogP) is 0.811. The quantitative estimate of drug-likeness (QED) is 0.610. The number of nitrogens with zero attached hydrogens (tertiary/aromatic N) is 2. The number of amidine groups is 1. The Bertz CT molecular complexity index is 710. The summed E-state index contributed by atoms with van der Waals surface area (Å²) in [5, 5.41) is 0.793. The van der Waals surface area contributed by atoms with Crippen LogP contribution in [0.5, 0.6) is 0 Å². The highest BCUT2D eigenvalue weighted by molar-refractivity contribution is 8.18. The third kappa shape index (κ3) is 4.95. The highest BCUT2D eigenvalue weighted by atomic mass is 32.2. The average Bonchev–Trinajstić information content (AvgIpc) is 3.02. The van der Waals surface area contributed by atoms with Crippen LogP contribution in [-0.2, 0) is 14.3 Å². The Morgan fingerprint density at radius 1 is 1.31 bits per heavy atom. The summed E-state index contributed by atoms with van der Waals surface area (Å²) in [4.78, 5) is 32.1. The highest BCUT2D eigenvalue weighted by Crippen LogP contribution is 2.30. The van der Waals surface area contributed by atoms with Crippen molar-refractivity contribution in [3.05, 3.63) is 40.8 Å². The van der Waals surface area contributed by atoms with Crippen LogP contribution in [0, 0.1) is 0 Å². The maximum absolute atomic E-state index is 12.2. The number of thioether (sulfide) groups is 1. The number of amides is 1. The van der Waals surface area contributed by atoms with E-state index in [1.54, 1.807) is 0 Å². The molecule has 0 unspecified atom stereocenters. The average molecular weight is 374 g/mol. The number of aliphatic imine (C=N–C) groups is 1. The zero-order valence-electron chi connectivity index (χ0n) is 14.9.